The molecule has 1 aliphatic rings. The summed E-state index contributed by atoms with van der Waals surface area (Å²) in [6.07, 6.45) is 1.19. The minimum atomic E-state index is -1.09. The van der Waals surface area contributed by atoms with Crippen LogP contribution in [0.1, 0.15) is 0 Å². The maximum Gasteiger partial charge on any atom is 0.335 e. The Balaban J connectivity index is 3.33. The van der Waals surface area contributed by atoms with Crippen LogP contribution in [0.25, 0.3) is 0 Å². The van der Waals surface area contributed by atoms with Crippen molar-refractivity contribution in [2.45, 2.75) is 10.5 Å². The molecule has 0 aromatic carbocycles. The van der Waals surface area contributed by atoms with Crippen LogP contribution >= 0.6 is 11.8 Å². The van der Waals surface area contributed by atoms with Gasteiger partial charge in [0.2, 0.25) is 0 Å². The fraction of sp³-hybridized carbons (Fsp3) is 0.538. The van der Waals surface area contributed by atoms with E-state index in [2.05, 4.69) is 18.9 Å². The van der Waals surface area contributed by atoms with E-state index in [0.717, 1.165) is 40.2 Å². The van der Waals surface area contributed by atoms with Crippen molar-refractivity contribution in [3.05, 3.63) is 11.6 Å². The predicted molar refractivity (Wildman–Crippen MR) is 74.8 cm³/mol. The zero-order valence-corrected chi connectivity index (χ0v) is 13.3. The molecule has 0 radical (unpaired) electrons. The first-order valence-corrected chi connectivity index (χ1v) is 7.04. The molecule has 0 aromatic rings. The minimum Gasteiger partial charge on any atom is -0.469 e. The summed E-state index contributed by atoms with van der Waals surface area (Å²) in [6, 6.07) is 0. The summed E-state index contributed by atoms with van der Waals surface area (Å²) in [5.41, 5.74) is -0.0742. The van der Waals surface area contributed by atoms with Gasteiger partial charge in [-0.05, 0) is 0 Å². The van der Waals surface area contributed by atoms with Crippen LogP contribution in [0.15, 0.2) is 11.6 Å². The molecule has 1 aliphatic heterocycles. The van der Waals surface area contributed by atoms with Gasteiger partial charge in [0.15, 0.2) is 0 Å². The quantitative estimate of drug-likeness (QED) is 0.507. The van der Waals surface area contributed by atoms with Gasteiger partial charge in [-0.1, -0.05) is 6.08 Å². The molecule has 0 saturated heterocycles. The number of hydrogen-bond donors (Lipinski definition) is 0. The number of carbonyl (C=O) groups excluding carboxylic acids is 4. The molecule has 22 heavy (non-hydrogen) atoms. The van der Waals surface area contributed by atoms with Gasteiger partial charge in [-0.3, -0.25) is 14.4 Å². The first kappa shape index (κ1) is 18.0. The zero-order valence-electron chi connectivity index (χ0n) is 12.5. The number of ether oxygens (including phenoxy) is 4. The highest BCUT2D eigenvalue weighted by atomic mass is 32.2. The molecule has 1 rings (SSSR count). The molecule has 1 heterocycles. The lowest BCUT2D eigenvalue weighted by molar-refractivity contribution is -0.150. The fourth-order valence-electron chi connectivity index (χ4n) is 1.90. The molecule has 0 fully saturated rings. The van der Waals surface area contributed by atoms with Crippen LogP contribution < -0.4 is 0 Å². The van der Waals surface area contributed by atoms with Crippen molar-refractivity contribution in [2.24, 2.45) is 5.92 Å². The third kappa shape index (κ3) is 3.59. The molecule has 9 heteroatoms. The highest BCUT2D eigenvalue weighted by Gasteiger charge is 2.46. The number of esters is 4. The normalized spacial score (nSPS) is 23.8. The van der Waals surface area contributed by atoms with E-state index in [-0.39, 0.29) is 5.57 Å². The second-order valence-electron chi connectivity index (χ2n) is 4.15. The smallest absolute Gasteiger partial charge is 0.335 e. The average molecular weight is 332 g/mol. The van der Waals surface area contributed by atoms with E-state index >= 15 is 0 Å². The Bertz CT molecular complexity index is 512. The lowest BCUT2D eigenvalue weighted by Gasteiger charge is -2.29. The fourth-order valence-corrected chi connectivity index (χ4v) is 3.29. The van der Waals surface area contributed by atoms with Crippen LogP contribution in [0.2, 0.25) is 0 Å². The summed E-state index contributed by atoms with van der Waals surface area (Å²) >= 11 is 0.781. The molecule has 0 aliphatic carbocycles. The van der Waals surface area contributed by atoms with E-state index in [4.69, 9.17) is 0 Å². The standard InChI is InChI=1S/C13H16O8S/c1-18-10(14)6-5-7(11(15)19-2)9(13(17)21-4)22-8(6)12(16)20-3/h5-6,8-9H,1-4H3/t6-,8-,9+/m1/s1. The molecule has 0 N–H and O–H groups in total. The average Bonchev–Trinajstić information content (AvgIpc) is 2.57. The van der Waals surface area contributed by atoms with Crippen molar-refractivity contribution in [3.8, 4) is 0 Å². The van der Waals surface area contributed by atoms with Crippen molar-refractivity contribution < 1.29 is 38.1 Å². The Morgan fingerprint density at radius 2 is 1.41 bits per heavy atom. The number of rotatable bonds is 4. The summed E-state index contributed by atoms with van der Waals surface area (Å²) in [5.74, 6) is -4.04. The third-order valence-electron chi connectivity index (χ3n) is 2.99. The van der Waals surface area contributed by atoms with E-state index in [1.165, 1.54) is 6.08 Å². The van der Waals surface area contributed by atoms with Crippen LogP contribution in [-0.4, -0.2) is 62.8 Å². The molecule has 8 nitrogen and oxygen atoms in total. The summed E-state index contributed by atoms with van der Waals surface area (Å²) < 4.78 is 18.5. The van der Waals surface area contributed by atoms with Crippen molar-refractivity contribution in [3.63, 3.8) is 0 Å². The molecule has 0 saturated carbocycles. The van der Waals surface area contributed by atoms with Crippen LogP contribution in [0.4, 0.5) is 0 Å². The summed E-state index contributed by atoms with van der Waals surface area (Å²) in [7, 11) is 4.60. The topological polar surface area (TPSA) is 105 Å². The predicted octanol–water partition coefficient (Wildman–Crippen LogP) is -0.295. The van der Waals surface area contributed by atoms with Gasteiger partial charge >= 0.3 is 23.9 Å². The second-order valence-corrected chi connectivity index (χ2v) is 5.40. The number of carbonyl (C=O) groups is 4. The molecular weight excluding hydrogens is 316 g/mol. The van der Waals surface area contributed by atoms with Crippen molar-refractivity contribution in [2.75, 3.05) is 28.4 Å². The highest BCUT2D eigenvalue weighted by Crippen LogP contribution is 2.38. The minimum absolute atomic E-state index is 0.0742. The molecule has 122 valence electrons. The number of methoxy groups -OCH3 is 4. The van der Waals surface area contributed by atoms with Gasteiger partial charge in [-0.25, -0.2) is 4.79 Å². The second kappa shape index (κ2) is 7.83. The van der Waals surface area contributed by atoms with Crippen LogP contribution in [-0.2, 0) is 38.1 Å². The van der Waals surface area contributed by atoms with Gasteiger partial charge in [0.25, 0.3) is 0 Å². The molecule has 0 aromatic heterocycles. The Labute approximate surface area is 131 Å². The number of thioether (sulfide) groups is 1. The summed E-state index contributed by atoms with van der Waals surface area (Å²) in [5, 5.41) is -2.13. The van der Waals surface area contributed by atoms with Crippen molar-refractivity contribution in [1.82, 2.24) is 0 Å². The van der Waals surface area contributed by atoms with Crippen molar-refractivity contribution in [1.29, 1.82) is 0 Å². The SMILES string of the molecule is COC(=O)C1=C[C@@H](C(=O)OC)[C@H](C(=O)OC)S[C@@H]1C(=O)OC. The monoisotopic (exact) mass is 332 g/mol. The van der Waals surface area contributed by atoms with Crippen LogP contribution in [0.5, 0.6) is 0 Å². The molecule has 0 bridgehead atoms. The van der Waals surface area contributed by atoms with Gasteiger partial charge < -0.3 is 18.9 Å². The zero-order chi connectivity index (χ0) is 16.9. The third-order valence-corrected chi connectivity index (χ3v) is 4.49. The van der Waals surface area contributed by atoms with E-state index in [1.807, 2.05) is 0 Å². The lowest BCUT2D eigenvalue weighted by atomic mass is 9.98. The maximum absolute atomic E-state index is 11.9. The van der Waals surface area contributed by atoms with Crippen molar-refractivity contribution >= 4 is 35.6 Å². The molecular formula is C13H16O8S. The van der Waals surface area contributed by atoms with Crippen LogP contribution in [0, 0.1) is 5.92 Å². The summed E-state index contributed by atoms with van der Waals surface area (Å²) in [4.78, 5) is 47.4. The van der Waals surface area contributed by atoms with E-state index < -0.39 is 40.3 Å². The Morgan fingerprint density at radius 3 is 1.86 bits per heavy atom. The Morgan fingerprint density at radius 1 is 0.864 bits per heavy atom. The molecule has 0 unspecified atom stereocenters. The first-order chi connectivity index (χ1) is 10.4. The van der Waals surface area contributed by atoms with Crippen LogP contribution in [0.3, 0.4) is 0 Å². The Kier molecular flexibility index (Phi) is 6.41. The maximum atomic E-state index is 11.9. The van der Waals surface area contributed by atoms with E-state index in [1.54, 1.807) is 0 Å². The van der Waals surface area contributed by atoms with E-state index in [0.29, 0.717) is 0 Å². The Hall–Kier alpha value is -2.03. The van der Waals surface area contributed by atoms with Gasteiger partial charge in [-0.2, -0.15) is 0 Å². The van der Waals surface area contributed by atoms with Gasteiger partial charge in [0.1, 0.15) is 10.5 Å². The largest absolute Gasteiger partial charge is 0.469 e. The highest BCUT2D eigenvalue weighted by molar-refractivity contribution is 8.02. The summed E-state index contributed by atoms with van der Waals surface area (Å²) in [6.45, 7) is 0. The van der Waals surface area contributed by atoms with E-state index in [9.17, 15) is 19.2 Å². The molecule has 0 spiro atoms. The van der Waals surface area contributed by atoms with Gasteiger partial charge in [0.05, 0.1) is 39.9 Å². The molecule has 0 amide bonds. The van der Waals surface area contributed by atoms with Gasteiger partial charge in [-0.15, -0.1) is 11.8 Å². The first-order valence-electron chi connectivity index (χ1n) is 6.10. The molecule has 3 atom stereocenters. The van der Waals surface area contributed by atoms with Gasteiger partial charge in [0, 0.05) is 0 Å². The number of hydrogen-bond acceptors (Lipinski definition) is 9. The lowest BCUT2D eigenvalue weighted by Crippen LogP contribution is -2.42.